The smallest absolute Gasteiger partial charge is 0.236 e. The van der Waals surface area contributed by atoms with Crippen molar-refractivity contribution in [2.75, 3.05) is 19.7 Å². The fraction of sp³-hybridized carbons (Fsp3) is 0.909. The lowest BCUT2D eigenvalue weighted by Crippen LogP contribution is -2.49. The monoisotopic (exact) mass is 212 g/mol. The van der Waals surface area contributed by atoms with Gasteiger partial charge in [0.05, 0.1) is 13.2 Å². The molecule has 2 aliphatic carbocycles. The number of hydrogen-bond acceptors (Lipinski definition) is 3. The normalized spacial score (nSPS) is 21.1. The number of rotatable bonds is 6. The molecular weight excluding hydrogens is 192 g/mol. The fourth-order valence-corrected chi connectivity index (χ4v) is 1.94. The van der Waals surface area contributed by atoms with Crippen molar-refractivity contribution in [3.8, 4) is 0 Å². The highest BCUT2D eigenvalue weighted by atomic mass is 16.3. The maximum atomic E-state index is 11.9. The molecule has 4 nitrogen and oxygen atoms in total. The Bertz CT molecular complexity index is 225. The summed E-state index contributed by atoms with van der Waals surface area (Å²) in [6.07, 6.45) is 5.84. The molecule has 86 valence electrons. The Balaban J connectivity index is 1.76. The van der Waals surface area contributed by atoms with Crippen LogP contribution >= 0.6 is 0 Å². The molecule has 0 atom stereocenters. The summed E-state index contributed by atoms with van der Waals surface area (Å²) in [6, 6.07) is 0.969. The maximum absolute atomic E-state index is 11.9. The summed E-state index contributed by atoms with van der Waals surface area (Å²) in [4.78, 5) is 13.7. The van der Waals surface area contributed by atoms with E-state index < -0.39 is 0 Å². The number of aliphatic hydroxyl groups is 1. The molecule has 0 saturated heterocycles. The molecule has 0 aliphatic heterocycles. The Morgan fingerprint density at radius 1 is 1.33 bits per heavy atom. The lowest BCUT2D eigenvalue weighted by atomic mass is 9.91. The largest absolute Gasteiger partial charge is 0.395 e. The highest BCUT2D eigenvalue weighted by Gasteiger charge is 2.29. The van der Waals surface area contributed by atoms with Crippen molar-refractivity contribution in [3.05, 3.63) is 0 Å². The van der Waals surface area contributed by atoms with Gasteiger partial charge in [-0.05, 0) is 32.1 Å². The maximum Gasteiger partial charge on any atom is 0.236 e. The predicted octanol–water partition coefficient (Wildman–Crippen LogP) is 0.112. The fourth-order valence-electron chi connectivity index (χ4n) is 1.94. The first-order valence-electron chi connectivity index (χ1n) is 5.95. The second-order valence-electron chi connectivity index (χ2n) is 4.55. The molecule has 0 bridgehead atoms. The zero-order chi connectivity index (χ0) is 10.7. The van der Waals surface area contributed by atoms with Crippen LogP contribution in [-0.4, -0.2) is 47.7 Å². The molecule has 2 N–H and O–H groups in total. The minimum Gasteiger partial charge on any atom is -0.395 e. The second-order valence-corrected chi connectivity index (χ2v) is 4.55. The first-order chi connectivity index (χ1) is 7.31. The minimum absolute atomic E-state index is 0.0751. The summed E-state index contributed by atoms with van der Waals surface area (Å²) in [7, 11) is 0. The molecule has 0 spiro atoms. The van der Waals surface area contributed by atoms with Crippen LogP contribution in [0.3, 0.4) is 0 Å². The van der Waals surface area contributed by atoms with Crippen LogP contribution in [-0.2, 0) is 4.79 Å². The lowest BCUT2D eigenvalue weighted by Gasteiger charge is -2.37. The quantitative estimate of drug-likeness (QED) is 0.657. The molecule has 0 unspecified atom stereocenters. The Labute approximate surface area is 90.6 Å². The summed E-state index contributed by atoms with van der Waals surface area (Å²) < 4.78 is 0. The van der Waals surface area contributed by atoms with Gasteiger partial charge >= 0.3 is 0 Å². The van der Waals surface area contributed by atoms with Crippen LogP contribution in [0.25, 0.3) is 0 Å². The molecule has 0 aromatic rings. The predicted molar refractivity (Wildman–Crippen MR) is 57.5 cm³/mol. The standard InChI is InChI=1S/C11H20N2O2/c14-7-6-13(10-2-1-3-10)11(15)8-12-9-4-5-9/h9-10,12,14H,1-8H2. The van der Waals surface area contributed by atoms with Crippen LogP contribution < -0.4 is 5.32 Å². The minimum atomic E-state index is 0.0751. The molecule has 0 aromatic carbocycles. The van der Waals surface area contributed by atoms with Gasteiger partial charge in [0.1, 0.15) is 0 Å². The first kappa shape index (κ1) is 10.9. The lowest BCUT2D eigenvalue weighted by molar-refractivity contribution is -0.134. The van der Waals surface area contributed by atoms with E-state index in [2.05, 4.69) is 5.32 Å². The third-order valence-electron chi connectivity index (χ3n) is 3.30. The van der Waals surface area contributed by atoms with Crippen molar-refractivity contribution in [2.45, 2.75) is 44.2 Å². The third kappa shape index (κ3) is 2.92. The summed E-state index contributed by atoms with van der Waals surface area (Å²) in [5.41, 5.74) is 0. The van der Waals surface area contributed by atoms with Crippen molar-refractivity contribution in [1.82, 2.24) is 10.2 Å². The van der Waals surface area contributed by atoms with Crippen molar-refractivity contribution < 1.29 is 9.90 Å². The molecule has 4 heteroatoms. The van der Waals surface area contributed by atoms with E-state index >= 15 is 0 Å². The molecule has 2 fully saturated rings. The van der Waals surface area contributed by atoms with E-state index in [0.29, 0.717) is 25.2 Å². The molecule has 1 amide bonds. The Morgan fingerprint density at radius 2 is 2.07 bits per heavy atom. The highest BCUT2D eigenvalue weighted by Crippen LogP contribution is 2.24. The van der Waals surface area contributed by atoms with Crippen molar-refractivity contribution >= 4 is 5.91 Å². The van der Waals surface area contributed by atoms with Gasteiger partial charge in [0.2, 0.25) is 5.91 Å². The number of amides is 1. The summed E-state index contributed by atoms with van der Waals surface area (Å²) in [5, 5.41) is 12.2. The van der Waals surface area contributed by atoms with Crippen molar-refractivity contribution in [1.29, 1.82) is 0 Å². The summed E-state index contributed by atoms with van der Waals surface area (Å²) >= 11 is 0. The van der Waals surface area contributed by atoms with Gasteiger partial charge in [0, 0.05) is 18.6 Å². The van der Waals surface area contributed by atoms with Crippen LogP contribution in [0.1, 0.15) is 32.1 Å². The van der Waals surface area contributed by atoms with Gasteiger partial charge in [-0.15, -0.1) is 0 Å². The number of nitrogens with zero attached hydrogens (tertiary/aromatic N) is 1. The molecule has 15 heavy (non-hydrogen) atoms. The van der Waals surface area contributed by atoms with E-state index in [0.717, 1.165) is 12.8 Å². The van der Waals surface area contributed by atoms with Gasteiger partial charge < -0.3 is 15.3 Å². The van der Waals surface area contributed by atoms with E-state index in [1.165, 1.54) is 19.3 Å². The average Bonchev–Trinajstić information content (AvgIpc) is 2.94. The number of carbonyl (C=O) groups is 1. The van der Waals surface area contributed by atoms with Gasteiger partial charge in [0.25, 0.3) is 0 Å². The zero-order valence-electron chi connectivity index (χ0n) is 9.11. The van der Waals surface area contributed by atoms with Gasteiger partial charge in [-0.2, -0.15) is 0 Å². The molecule has 0 heterocycles. The second kappa shape index (κ2) is 4.94. The van der Waals surface area contributed by atoms with Crippen LogP contribution in [0, 0.1) is 0 Å². The number of carbonyl (C=O) groups excluding carboxylic acids is 1. The van der Waals surface area contributed by atoms with Gasteiger partial charge in [0.15, 0.2) is 0 Å². The van der Waals surface area contributed by atoms with Gasteiger partial charge in [-0.25, -0.2) is 0 Å². The van der Waals surface area contributed by atoms with Crippen molar-refractivity contribution in [3.63, 3.8) is 0 Å². The highest BCUT2D eigenvalue weighted by molar-refractivity contribution is 5.78. The molecule has 0 aromatic heterocycles. The Morgan fingerprint density at radius 3 is 2.53 bits per heavy atom. The van der Waals surface area contributed by atoms with Crippen LogP contribution in [0.2, 0.25) is 0 Å². The van der Waals surface area contributed by atoms with E-state index in [1.807, 2.05) is 4.90 Å². The number of hydrogen-bond donors (Lipinski definition) is 2. The number of aliphatic hydroxyl groups excluding tert-OH is 1. The Hall–Kier alpha value is -0.610. The van der Waals surface area contributed by atoms with Crippen LogP contribution in [0.5, 0.6) is 0 Å². The molecule has 2 rings (SSSR count). The SMILES string of the molecule is O=C(CNC1CC1)N(CCO)C1CCC1. The van der Waals surface area contributed by atoms with E-state index in [1.54, 1.807) is 0 Å². The van der Waals surface area contributed by atoms with Crippen LogP contribution in [0.4, 0.5) is 0 Å². The van der Waals surface area contributed by atoms with E-state index in [4.69, 9.17) is 5.11 Å². The van der Waals surface area contributed by atoms with Gasteiger partial charge in [-0.3, -0.25) is 4.79 Å². The molecule has 2 aliphatic rings. The summed E-state index contributed by atoms with van der Waals surface area (Å²) in [5.74, 6) is 0.153. The number of nitrogens with one attached hydrogen (secondary N) is 1. The molecule has 2 saturated carbocycles. The molecular formula is C11H20N2O2. The van der Waals surface area contributed by atoms with E-state index in [9.17, 15) is 4.79 Å². The van der Waals surface area contributed by atoms with Crippen LogP contribution in [0.15, 0.2) is 0 Å². The van der Waals surface area contributed by atoms with Gasteiger partial charge in [-0.1, -0.05) is 0 Å². The zero-order valence-corrected chi connectivity index (χ0v) is 9.11. The third-order valence-corrected chi connectivity index (χ3v) is 3.30. The van der Waals surface area contributed by atoms with Crippen molar-refractivity contribution in [2.24, 2.45) is 0 Å². The Kier molecular flexibility index (Phi) is 3.59. The summed E-state index contributed by atoms with van der Waals surface area (Å²) in [6.45, 7) is 1.02. The molecule has 0 radical (unpaired) electrons. The van der Waals surface area contributed by atoms with E-state index in [-0.39, 0.29) is 12.5 Å². The average molecular weight is 212 g/mol. The first-order valence-corrected chi connectivity index (χ1v) is 5.95. The topological polar surface area (TPSA) is 52.6 Å².